The molecule has 0 bridgehead atoms. The summed E-state index contributed by atoms with van der Waals surface area (Å²) in [6.45, 7) is 1.43. The van der Waals surface area contributed by atoms with Crippen LogP contribution in [0.4, 0.5) is 4.39 Å². The first-order chi connectivity index (χ1) is 12.6. The number of likely N-dealkylation sites (tertiary alicyclic amines) is 1. The molecular formula is C20H21FN4O. The van der Waals surface area contributed by atoms with Crippen molar-refractivity contribution in [2.24, 2.45) is 7.05 Å². The van der Waals surface area contributed by atoms with Gasteiger partial charge in [-0.3, -0.25) is 9.48 Å². The minimum absolute atomic E-state index is 0.0830. The molecule has 3 heterocycles. The number of nitrogens with zero attached hydrogens (tertiary/aromatic N) is 4. The van der Waals surface area contributed by atoms with Crippen molar-refractivity contribution in [1.29, 1.82) is 0 Å². The zero-order chi connectivity index (χ0) is 18.1. The Balaban J connectivity index is 1.51. The number of hydrogen-bond donors (Lipinski definition) is 0. The SMILES string of the molecule is Cn1nc([C@H]2CCCN(C(=O)Cc3ccc(F)cc3)C2)c2cccnc21. The maximum atomic E-state index is 13.0. The summed E-state index contributed by atoms with van der Waals surface area (Å²) in [6, 6.07) is 10.1. The molecule has 1 aliphatic heterocycles. The van der Waals surface area contributed by atoms with E-state index in [1.165, 1.54) is 12.1 Å². The van der Waals surface area contributed by atoms with Gasteiger partial charge in [-0.15, -0.1) is 0 Å². The van der Waals surface area contributed by atoms with E-state index in [2.05, 4.69) is 10.1 Å². The number of aryl methyl sites for hydroxylation is 1. The molecule has 26 heavy (non-hydrogen) atoms. The molecule has 0 unspecified atom stereocenters. The van der Waals surface area contributed by atoms with Crippen LogP contribution in [0, 0.1) is 5.82 Å². The molecule has 1 aromatic carbocycles. The second kappa shape index (κ2) is 6.86. The third kappa shape index (κ3) is 3.19. The number of aromatic nitrogens is 3. The molecule has 0 spiro atoms. The van der Waals surface area contributed by atoms with Gasteiger partial charge in [0, 0.05) is 37.6 Å². The molecule has 1 fully saturated rings. The van der Waals surface area contributed by atoms with Crippen LogP contribution in [0.1, 0.15) is 30.0 Å². The highest BCUT2D eigenvalue weighted by Crippen LogP contribution is 2.30. The lowest BCUT2D eigenvalue weighted by Crippen LogP contribution is -2.40. The smallest absolute Gasteiger partial charge is 0.227 e. The molecule has 134 valence electrons. The molecule has 0 aliphatic carbocycles. The molecule has 5 nitrogen and oxygen atoms in total. The summed E-state index contributed by atoms with van der Waals surface area (Å²) in [7, 11) is 1.90. The van der Waals surface area contributed by atoms with Crippen molar-refractivity contribution in [1.82, 2.24) is 19.7 Å². The molecule has 0 N–H and O–H groups in total. The normalized spacial score (nSPS) is 17.6. The maximum absolute atomic E-state index is 13.0. The van der Waals surface area contributed by atoms with Gasteiger partial charge in [-0.05, 0) is 42.7 Å². The first-order valence-corrected chi connectivity index (χ1v) is 8.91. The van der Waals surface area contributed by atoms with Gasteiger partial charge < -0.3 is 4.90 Å². The number of benzene rings is 1. The highest BCUT2D eigenvalue weighted by atomic mass is 19.1. The van der Waals surface area contributed by atoms with E-state index >= 15 is 0 Å². The van der Waals surface area contributed by atoms with Crippen LogP contribution in [0.15, 0.2) is 42.6 Å². The standard InChI is InChI=1S/C20H21FN4O/c1-24-20-17(5-2-10-22-20)19(23-24)15-4-3-11-25(13-15)18(26)12-14-6-8-16(21)9-7-14/h2,5-10,15H,3-4,11-13H2,1H3/t15-/m0/s1. The molecular weight excluding hydrogens is 331 g/mol. The summed E-state index contributed by atoms with van der Waals surface area (Å²) in [5.41, 5.74) is 2.73. The first-order valence-electron chi connectivity index (χ1n) is 8.91. The van der Waals surface area contributed by atoms with Crippen molar-refractivity contribution in [2.45, 2.75) is 25.2 Å². The van der Waals surface area contributed by atoms with Crippen LogP contribution in [0.5, 0.6) is 0 Å². The molecule has 0 radical (unpaired) electrons. The Morgan fingerprint density at radius 2 is 2.08 bits per heavy atom. The molecule has 1 saturated heterocycles. The van der Waals surface area contributed by atoms with Crippen LogP contribution in [0.25, 0.3) is 11.0 Å². The Bertz CT molecular complexity index is 935. The number of halogens is 1. The fourth-order valence-electron chi connectivity index (χ4n) is 3.73. The van der Waals surface area contributed by atoms with E-state index in [9.17, 15) is 9.18 Å². The van der Waals surface area contributed by atoms with E-state index in [4.69, 9.17) is 0 Å². The Labute approximate surface area is 151 Å². The lowest BCUT2D eigenvalue weighted by molar-refractivity contribution is -0.131. The predicted octanol–water partition coefficient (Wildman–Crippen LogP) is 3.06. The van der Waals surface area contributed by atoms with E-state index in [0.717, 1.165) is 41.7 Å². The summed E-state index contributed by atoms with van der Waals surface area (Å²) in [5, 5.41) is 5.74. The van der Waals surface area contributed by atoms with Crippen LogP contribution < -0.4 is 0 Å². The van der Waals surface area contributed by atoms with Gasteiger partial charge in [0.2, 0.25) is 5.91 Å². The largest absolute Gasteiger partial charge is 0.342 e. The van der Waals surface area contributed by atoms with E-state index in [1.807, 2.05) is 28.8 Å². The topological polar surface area (TPSA) is 51.0 Å². The van der Waals surface area contributed by atoms with Gasteiger partial charge in [0.15, 0.2) is 5.65 Å². The lowest BCUT2D eigenvalue weighted by atomic mass is 9.93. The summed E-state index contributed by atoms with van der Waals surface area (Å²) >= 11 is 0. The number of pyridine rings is 1. The van der Waals surface area contributed by atoms with Gasteiger partial charge in [-0.1, -0.05) is 12.1 Å². The number of carbonyl (C=O) groups excluding carboxylic acids is 1. The molecule has 0 saturated carbocycles. The Hall–Kier alpha value is -2.76. The van der Waals surface area contributed by atoms with Gasteiger partial charge in [-0.2, -0.15) is 5.10 Å². The Kier molecular flexibility index (Phi) is 4.41. The van der Waals surface area contributed by atoms with Gasteiger partial charge in [-0.25, -0.2) is 9.37 Å². The van der Waals surface area contributed by atoms with Crippen molar-refractivity contribution in [3.8, 4) is 0 Å². The quantitative estimate of drug-likeness (QED) is 0.728. The first kappa shape index (κ1) is 16.7. The van der Waals surface area contributed by atoms with Crippen molar-refractivity contribution < 1.29 is 9.18 Å². The number of hydrogen-bond acceptors (Lipinski definition) is 3. The van der Waals surface area contributed by atoms with Crippen LogP contribution in [-0.2, 0) is 18.3 Å². The number of fused-ring (bicyclic) bond motifs is 1. The van der Waals surface area contributed by atoms with Crippen LogP contribution in [0.2, 0.25) is 0 Å². The molecule has 4 rings (SSSR count). The van der Waals surface area contributed by atoms with E-state index in [0.29, 0.717) is 13.0 Å². The third-order valence-electron chi connectivity index (χ3n) is 5.06. The van der Waals surface area contributed by atoms with Gasteiger partial charge in [0.05, 0.1) is 12.1 Å². The zero-order valence-electron chi connectivity index (χ0n) is 14.7. The van der Waals surface area contributed by atoms with E-state index in [1.54, 1.807) is 18.3 Å². The minimum Gasteiger partial charge on any atom is -0.342 e. The Morgan fingerprint density at radius 1 is 1.27 bits per heavy atom. The molecule has 2 aromatic heterocycles. The molecule has 1 atom stereocenters. The monoisotopic (exact) mass is 352 g/mol. The maximum Gasteiger partial charge on any atom is 0.227 e. The summed E-state index contributed by atoms with van der Waals surface area (Å²) < 4.78 is 14.8. The fraction of sp³-hybridized carbons (Fsp3) is 0.350. The Morgan fingerprint density at radius 3 is 2.88 bits per heavy atom. The van der Waals surface area contributed by atoms with Crippen LogP contribution >= 0.6 is 0 Å². The van der Waals surface area contributed by atoms with Gasteiger partial charge in [0.25, 0.3) is 0 Å². The number of rotatable bonds is 3. The van der Waals surface area contributed by atoms with E-state index < -0.39 is 0 Å². The van der Waals surface area contributed by atoms with Gasteiger partial charge in [0.1, 0.15) is 5.82 Å². The van der Waals surface area contributed by atoms with Crippen molar-refractivity contribution in [2.75, 3.05) is 13.1 Å². The number of piperidine rings is 1. The van der Waals surface area contributed by atoms with Crippen molar-refractivity contribution >= 4 is 16.9 Å². The molecule has 1 amide bonds. The second-order valence-corrected chi connectivity index (χ2v) is 6.87. The average Bonchev–Trinajstić information content (AvgIpc) is 3.01. The molecule has 6 heteroatoms. The van der Waals surface area contributed by atoms with Crippen molar-refractivity contribution in [3.63, 3.8) is 0 Å². The predicted molar refractivity (Wildman–Crippen MR) is 97.2 cm³/mol. The lowest BCUT2D eigenvalue weighted by Gasteiger charge is -2.32. The van der Waals surface area contributed by atoms with Crippen molar-refractivity contribution in [3.05, 3.63) is 59.7 Å². The summed E-state index contributed by atoms with van der Waals surface area (Å²) in [6.07, 6.45) is 4.05. The average molecular weight is 352 g/mol. The zero-order valence-corrected chi connectivity index (χ0v) is 14.7. The fourth-order valence-corrected chi connectivity index (χ4v) is 3.73. The third-order valence-corrected chi connectivity index (χ3v) is 5.06. The van der Waals surface area contributed by atoms with Crippen LogP contribution in [0.3, 0.4) is 0 Å². The summed E-state index contributed by atoms with van der Waals surface area (Å²) in [5.74, 6) is 0.0170. The highest BCUT2D eigenvalue weighted by Gasteiger charge is 2.28. The number of carbonyl (C=O) groups is 1. The highest BCUT2D eigenvalue weighted by molar-refractivity contribution is 5.80. The molecule has 1 aliphatic rings. The number of amides is 1. The molecule has 3 aromatic rings. The van der Waals surface area contributed by atoms with Crippen LogP contribution in [-0.4, -0.2) is 38.7 Å². The van der Waals surface area contributed by atoms with Gasteiger partial charge >= 0.3 is 0 Å². The van der Waals surface area contributed by atoms with E-state index in [-0.39, 0.29) is 17.6 Å². The second-order valence-electron chi connectivity index (χ2n) is 6.87. The summed E-state index contributed by atoms with van der Waals surface area (Å²) in [4.78, 5) is 19.0. The minimum atomic E-state index is -0.283.